The average molecular weight is 433 g/mol. The maximum atomic E-state index is 13.3. The number of amidine groups is 1. The molecule has 0 aromatic heterocycles. The molecule has 6 heteroatoms. The maximum absolute atomic E-state index is 13.3. The van der Waals surface area contributed by atoms with Gasteiger partial charge in [-0.1, -0.05) is 23.7 Å². The Morgan fingerprint density at radius 3 is 2.19 bits per heavy atom. The summed E-state index contributed by atoms with van der Waals surface area (Å²) in [6, 6.07) is 22.1. The number of benzene rings is 3. The molecule has 1 amide bonds. The zero-order chi connectivity index (χ0) is 21.8. The summed E-state index contributed by atoms with van der Waals surface area (Å²) in [5.74, 6) is 1.84. The lowest BCUT2D eigenvalue weighted by molar-refractivity contribution is -0.113. The van der Waals surface area contributed by atoms with Crippen molar-refractivity contribution < 1.29 is 14.3 Å². The number of nitrogens with zero attached hydrogens (tertiary/aromatic N) is 2. The molecule has 0 spiro atoms. The number of hydrogen-bond acceptors (Lipinski definition) is 4. The van der Waals surface area contributed by atoms with Crippen LogP contribution in [0.1, 0.15) is 18.1 Å². The highest BCUT2D eigenvalue weighted by Crippen LogP contribution is 2.30. The van der Waals surface area contributed by atoms with E-state index in [2.05, 4.69) is 4.99 Å². The first kappa shape index (κ1) is 20.7. The van der Waals surface area contributed by atoms with E-state index in [1.165, 1.54) is 0 Å². The summed E-state index contributed by atoms with van der Waals surface area (Å²) >= 11 is 6.05. The number of carbonyl (C=O) groups excluding carboxylic acids is 1. The average Bonchev–Trinajstić information content (AvgIpc) is 3.11. The SMILES string of the molecule is CCOc1ccc(/C=C2/N=C(c3ccc(Cl)cc3)N(c3ccc(OC)cc3)C2=O)cc1. The van der Waals surface area contributed by atoms with Gasteiger partial charge >= 0.3 is 0 Å². The van der Waals surface area contributed by atoms with Crippen molar-refractivity contribution in [2.75, 3.05) is 18.6 Å². The Balaban J connectivity index is 1.74. The predicted molar refractivity (Wildman–Crippen MR) is 124 cm³/mol. The lowest BCUT2D eigenvalue weighted by atomic mass is 10.1. The smallest absolute Gasteiger partial charge is 0.282 e. The molecule has 0 atom stereocenters. The minimum Gasteiger partial charge on any atom is -0.497 e. The number of hydrogen-bond donors (Lipinski definition) is 0. The Labute approximate surface area is 186 Å². The molecule has 1 aliphatic heterocycles. The summed E-state index contributed by atoms with van der Waals surface area (Å²) in [7, 11) is 1.61. The highest BCUT2D eigenvalue weighted by atomic mass is 35.5. The Hall–Kier alpha value is -3.57. The van der Waals surface area contributed by atoms with Crippen LogP contribution in [0.15, 0.2) is 83.5 Å². The third-order valence-electron chi connectivity index (χ3n) is 4.79. The fraction of sp³-hybridized carbons (Fsp3) is 0.120. The van der Waals surface area contributed by atoms with E-state index >= 15 is 0 Å². The van der Waals surface area contributed by atoms with E-state index in [4.69, 9.17) is 21.1 Å². The van der Waals surface area contributed by atoms with Crippen molar-refractivity contribution in [3.8, 4) is 11.5 Å². The summed E-state index contributed by atoms with van der Waals surface area (Å²) in [4.78, 5) is 19.6. The number of halogens is 1. The molecule has 0 fully saturated rings. The number of rotatable bonds is 6. The van der Waals surface area contributed by atoms with Crippen LogP contribution >= 0.6 is 11.6 Å². The van der Waals surface area contributed by atoms with Crippen LogP contribution in [0.2, 0.25) is 5.02 Å². The second-order valence-corrected chi connectivity index (χ2v) is 7.25. The zero-order valence-corrected chi connectivity index (χ0v) is 18.0. The van der Waals surface area contributed by atoms with Crippen LogP contribution < -0.4 is 14.4 Å². The first-order valence-electron chi connectivity index (χ1n) is 9.86. The zero-order valence-electron chi connectivity index (χ0n) is 17.2. The number of aliphatic imine (C=N–C) groups is 1. The normalized spacial score (nSPS) is 14.7. The van der Waals surface area contributed by atoms with Crippen molar-refractivity contribution in [2.24, 2.45) is 4.99 Å². The fourth-order valence-corrected chi connectivity index (χ4v) is 3.39. The molecular formula is C25H21ClN2O3. The lowest BCUT2D eigenvalue weighted by Gasteiger charge is -2.19. The van der Waals surface area contributed by atoms with Crippen LogP contribution in [-0.4, -0.2) is 25.5 Å². The maximum Gasteiger partial charge on any atom is 0.282 e. The van der Waals surface area contributed by atoms with Gasteiger partial charge in [0, 0.05) is 10.6 Å². The second kappa shape index (κ2) is 9.06. The van der Waals surface area contributed by atoms with E-state index < -0.39 is 0 Å². The third-order valence-corrected chi connectivity index (χ3v) is 5.04. The van der Waals surface area contributed by atoms with Crippen molar-refractivity contribution in [3.05, 3.63) is 94.6 Å². The van der Waals surface area contributed by atoms with Gasteiger partial charge in [0.25, 0.3) is 5.91 Å². The molecule has 5 nitrogen and oxygen atoms in total. The van der Waals surface area contributed by atoms with Crippen LogP contribution in [0.3, 0.4) is 0 Å². The lowest BCUT2D eigenvalue weighted by Crippen LogP contribution is -2.32. The molecule has 1 heterocycles. The molecule has 4 rings (SSSR count). The molecular weight excluding hydrogens is 412 g/mol. The second-order valence-electron chi connectivity index (χ2n) is 6.81. The summed E-state index contributed by atoms with van der Waals surface area (Å²) < 4.78 is 10.7. The molecule has 3 aromatic carbocycles. The molecule has 156 valence electrons. The molecule has 0 saturated carbocycles. The quantitative estimate of drug-likeness (QED) is 0.477. The molecule has 0 N–H and O–H groups in total. The van der Waals surface area contributed by atoms with Gasteiger partial charge in [0.2, 0.25) is 0 Å². The van der Waals surface area contributed by atoms with Crippen molar-refractivity contribution >= 4 is 35.1 Å². The molecule has 1 aliphatic rings. The van der Waals surface area contributed by atoms with Gasteiger partial charge in [0.05, 0.1) is 19.4 Å². The van der Waals surface area contributed by atoms with Crippen LogP contribution in [0.4, 0.5) is 5.69 Å². The fourth-order valence-electron chi connectivity index (χ4n) is 3.26. The minimum atomic E-state index is -0.205. The topological polar surface area (TPSA) is 51.1 Å². The van der Waals surface area contributed by atoms with E-state index in [0.29, 0.717) is 34.6 Å². The molecule has 31 heavy (non-hydrogen) atoms. The van der Waals surface area contributed by atoms with Crippen molar-refractivity contribution in [1.29, 1.82) is 0 Å². The Morgan fingerprint density at radius 1 is 0.935 bits per heavy atom. The van der Waals surface area contributed by atoms with E-state index in [1.807, 2.05) is 67.6 Å². The van der Waals surface area contributed by atoms with Crippen LogP contribution in [0.25, 0.3) is 6.08 Å². The van der Waals surface area contributed by atoms with Crippen molar-refractivity contribution in [1.82, 2.24) is 0 Å². The first-order valence-corrected chi connectivity index (χ1v) is 10.2. The minimum absolute atomic E-state index is 0.205. The summed E-state index contributed by atoms with van der Waals surface area (Å²) in [5.41, 5.74) is 2.71. The number of ether oxygens (including phenoxy) is 2. The highest BCUT2D eigenvalue weighted by Gasteiger charge is 2.32. The van der Waals surface area contributed by atoms with Crippen molar-refractivity contribution in [2.45, 2.75) is 6.92 Å². The predicted octanol–water partition coefficient (Wildman–Crippen LogP) is 5.58. The van der Waals surface area contributed by atoms with Gasteiger partial charge in [-0.2, -0.15) is 0 Å². The molecule has 0 radical (unpaired) electrons. The molecule has 3 aromatic rings. The van der Waals surface area contributed by atoms with Gasteiger partial charge in [-0.15, -0.1) is 0 Å². The Morgan fingerprint density at radius 2 is 1.58 bits per heavy atom. The van der Waals surface area contributed by atoms with Gasteiger partial charge in [-0.3, -0.25) is 9.69 Å². The largest absolute Gasteiger partial charge is 0.497 e. The summed E-state index contributed by atoms with van der Waals surface area (Å²) in [6.07, 6.45) is 1.78. The highest BCUT2D eigenvalue weighted by molar-refractivity contribution is 6.34. The number of amides is 1. The van der Waals surface area contributed by atoms with E-state index in [1.54, 1.807) is 30.2 Å². The first-order chi connectivity index (χ1) is 15.1. The van der Waals surface area contributed by atoms with Crippen LogP contribution in [0.5, 0.6) is 11.5 Å². The van der Waals surface area contributed by atoms with Gasteiger partial charge in [-0.25, -0.2) is 4.99 Å². The Kier molecular flexibility index (Phi) is 6.05. The number of anilines is 1. The van der Waals surface area contributed by atoms with Gasteiger partial charge < -0.3 is 9.47 Å². The van der Waals surface area contributed by atoms with Crippen LogP contribution in [0, 0.1) is 0 Å². The van der Waals surface area contributed by atoms with E-state index in [9.17, 15) is 4.79 Å². The molecule has 0 saturated heterocycles. The monoisotopic (exact) mass is 432 g/mol. The van der Waals surface area contributed by atoms with E-state index in [0.717, 1.165) is 16.9 Å². The molecule has 0 aliphatic carbocycles. The standard InChI is InChI=1S/C25H21ClN2O3/c1-3-31-22-12-4-17(5-13-22)16-23-25(29)28(20-10-14-21(30-2)15-11-20)24(27-23)18-6-8-19(26)9-7-18/h4-16H,3H2,1-2H3/b23-16+. The van der Waals surface area contributed by atoms with Gasteiger partial charge in [0.1, 0.15) is 23.0 Å². The number of carbonyl (C=O) groups is 1. The van der Waals surface area contributed by atoms with Crippen molar-refractivity contribution in [3.63, 3.8) is 0 Å². The number of methoxy groups -OCH3 is 1. The summed E-state index contributed by atoms with van der Waals surface area (Å²) in [6.45, 7) is 2.54. The third kappa shape index (κ3) is 4.47. The Bertz CT molecular complexity index is 1130. The van der Waals surface area contributed by atoms with E-state index in [-0.39, 0.29) is 5.91 Å². The molecule has 0 bridgehead atoms. The van der Waals surface area contributed by atoms with Gasteiger partial charge in [-0.05, 0) is 79.2 Å². The van der Waals surface area contributed by atoms with Crippen LogP contribution in [-0.2, 0) is 4.79 Å². The summed E-state index contributed by atoms with van der Waals surface area (Å²) in [5, 5.41) is 0.620. The molecule has 0 unspecified atom stereocenters. The van der Waals surface area contributed by atoms with Gasteiger partial charge in [0.15, 0.2) is 0 Å².